The third kappa shape index (κ3) is 6.65. The fourth-order valence-electron chi connectivity index (χ4n) is 2.78. The van der Waals surface area contributed by atoms with E-state index in [-0.39, 0.29) is 23.3 Å². The molecule has 0 unspecified atom stereocenters. The van der Waals surface area contributed by atoms with Gasteiger partial charge in [0.2, 0.25) is 5.91 Å². The monoisotopic (exact) mass is 459 g/mol. The first kappa shape index (κ1) is 23.5. The predicted octanol–water partition coefficient (Wildman–Crippen LogP) is 5.72. The van der Waals surface area contributed by atoms with E-state index in [4.69, 9.17) is 4.52 Å². The predicted molar refractivity (Wildman–Crippen MR) is 120 cm³/mol. The van der Waals surface area contributed by atoms with Gasteiger partial charge in [0.1, 0.15) is 5.76 Å². The summed E-state index contributed by atoms with van der Waals surface area (Å²) >= 11 is 0.385. The molecule has 3 aromatic rings. The normalized spacial score (nSPS) is 11.4. The highest BCUT2D eigenvalue weighted by molar-refractivity contribution is 7.99. The van der Waals surface area contributed by atoms with Crippen LogP contribution in [-0.2, 0) is 16.6 Å². The summed E-state index contributed by atoms with van der Waals surface area (Å²) in [5.41, 5.74) is 1.34. The number of nitrogens with one attached hydrogen (secondary N) is 2. The van der Waals surface area contributed by atoms with Crippen LogP contribution in [-0.4, -0.2) is 22.7 Å². The van der Waals surface area contributed by atoms with E-state index in [0.717, 1.165) is 5.56 Å². The van der Waals surface area contributed by atoms with Gasteiger partial charge in [-0.15, -0.1) is 0 Å². The second-order valence-corrected chi connectivity index (χ2v) is 9.17. The summed E-state index contributed by atoms with van der Waals surface area (Å²) in [5, 5.41) is 9.28. The van der Waals surface area contributed by atoms with Crippen molar-refractivity contribution in [2.75, 3.05) is 10.6 Å². The highest BCUT2D eigenvalue weighted by Gasteiger charge is 2.20. The van der Waals surface area contributed by atoms with Crippen LogP contribution in [0.15, 0.2) is 64.0 Å². The van der Waals surface area contributed by atoms with Crippen molar-refractivity contribution in [2.24, 2.45) is 0 Å². The van der Waals surface area contributed by atoms with Gasteiger partial charge in [-0.2, -0.15) is 8.78 Å². The van der Waals surface area contributed by atoms with Crippen LogP contribution >= 0.6 is 11.8 Å². The van der Waals surface area contributed by atoms with Gasteiger partial charge in [-0.25, -0.2) is 0 Å². The molecule has 9 heteroatoms. The molecule has 1 heterocycles. The first-order valence-corrected chi connectivity index (χ1v) is 10.7. The lowest BCUT2D eigenvalue weighted by Gasteiger charge is -2.12. The molecule has 0 spiro atoms. The Morgan fingerprint density at radius 3 is 2.41 bits per heavy atom. The van der Waals surface area contributed by atoms with Gasteiger partial charge >= 0.3 is 0 Å². The van der Waals surface area contributed by atoms with E-state index in [1.54, 1.807) is 42.5 Å². The molecule has 0 aliphatic carbocycles. The number of amides is 2. The van der Waals surface area contributed by atoms with Crippen LogP contribution in [0.1, 0.15) is 42.5 Å². The fourth-order valence-corrected chi connectivity index (χ4v) is 3.34. The Morgan fingerprint density at radius 2 is 1.78 bits per heavy atom. The maximum atomic E-state index is 12.5. The number of nitrogens with zero attached hydrogens (tertiary/aromatic N) is 1. The second kappa shape index (κ2) is 9.95. The van der Waals surface area contributed by atoms with Crippen molar-refractivity contribution in [2.45, 2.75) is 43.3 Å². The molecule has 0 fully saturated rings. The molecule has 0 aliphatic rings. The van der Waals surface area contributed by atoms with E-state index in [1.165, 1.54) is 12.1 Å². The SMILES string of the molecule is CC(C)(C)c1cc(NC(=O)Cc2ccc(NC(=O)c3cccc(SC(F)F)c3)cc2)no1. The quantitative estimate of drug-likeness (QED) is 0.442. The molecule has 32 heavy (non-hydrogen) atoms. The molecule has 0 saturated heterocycles. The highest BCUT2D eigenvalue weighted by Crippen LogP contribution is 2.26. The van der Waals surface area contributed by atoms with Crippen molar-refractivity contribution in [1.29, 1.82) is 0 Å². The van der Waals surface area contributed by atoms with Crippen molar-refractivity contribution < 1.29 is 22.9 Å². The zero-order chi connectivity index (χ0) is 23.3. The Hall–Kier alpha value is -3.20. The standard InChI is InChI=1S/C23H23F2N3O3S/c1-23(2,3)18-13-19(28-31-18)27-20(29)11-14-7-9-16(10-8-14)26-21(30)15-5-4-6-17(12-15)32-22(24)25/h4-10,12-13,22H,11H2,1-3H3,(H,26,30)(H,27,28,29). The molecule has 2 aromatic carbocycles. The third-order valence-electron chi connectivity index (χ3n) is 4.41. The van der Waals surface area contributed by atoms with Crippen LogP contribution in [0.3, 0.4) is 0 Å². The molecule has 2 amide bonds. The lowest BCUT2D eigenvalue weighted by atomic mass is 9.93. The minimum absolute atomic E-state index is 0.124. The van der Waals surface area contributed by atoms with Crippen molar-refractivity contribution in [3.63, 3.8) is 0 Å². The molecular weight excluding hydrogens is 436 g/mol. The molecule has 168 valence electrons. The van der Waals surface area contributed by atoms with E-state index >= 15 is 0 Å². The maximum absolute atomic E-state index is 12.5. The van der Waals surface area contributed by atoms with Crippen LogP contribution in [0.5, 0.6) is 0 Å². The second-order valence-electron chi connectivity index (χ2n) is 8.11. The fraction of sp³-hybridized carbons (Fsp3) is 0.261. The van der Waals surface area contributed by atoms with E-state index in [0.29, 0.717) is 33.9 Å². The van der Waals surface area contributed by atoms with Gasteiger partial charge in [0.15, 0.2) is 5.82 Å². The first-order chi connectivity index (χ1) is 15.1. The molecule has 0 radical (unpaired) electrons. The van der Waals surface area contributed by atoms with Gasteiger partial charge in [0.25, 0.3) is 11.7 Å². The third-order valence-corrected chi connectivity index (χ3v) is 5.12. The lowest BCUT2D eigenvalue weighted by molar-refractivity contribution is -0.115. The van der Waals surface area contributed by atoms with Crippen molar-refractivity contribution in [3.8, 4) is 0 Å². The number of rotatable bonds is 7. The highest BCUT2D eigenvalue weighted by atomic mass is 32.2. The zero-order valence-electron chi connectivity index (χ0n) is 17.8. The topological polar surface area (TPSA) is 84.2 Å². The number of anilines is 2. The molecule has 0 saturated carbocycles. The molecule has 0 bridgehead atoms. The summed E-state index contributed by atoms with van der Waals surface area (Å²) in [7, 11) is 0. The van der Waals surface area contributed by atoms with Crippen LogP contribution in [0.4, 0.5) is 20.3 Å². The van der Waals surface area contributed by atoms with E-state index in [2.05, 4.69) is 15.8 Å². The van der Waals surface area contributed by atoms with Crippen LogP contribution < -0.4 is 10.6 Å². The van der Waals surface area contributed by atoms with E-state index < -0.39 is 11.7 Å². The van der Waals surface area contributed by atoms with Crippen LogP contribution in [0.25, 0.3) is 0 Å². The molecule has 0 atom stereocenters. The number of hydrogen-bond acceptors (Lipinski definition) is 5. The summed E-state index contributed by atoms with van der Waals surface area (Å²) in [6.07, 6.45) is 0.124. The molecular formula is C23H23F2N3O3S. The smallest absolute Gasteiger partial charge is 0.288 e. The minimum atomic E-state index is -2.55. The number of hydrogen-bond donors (Lipinski definition) is 2. The average molecular weight is 460 g/mol. The van der Waals surface area contributed by atoms with Crippen molar-refractivity contribution in [1.82, 2.24) is 5.16 Å². The number of thioether (sulfide) groups is 1. The van der Waals surface area contributed by atoms with Crippen molar-refractivity contribution >= 4 is 35.1 Å². The molecule has 3 rings (SSSR count). The Bertz CT molecular complexity index is 1090. The Kier molecular flexibility index (Phi) is 7.29. The van der Waals surface area contributed by atoms with Crippen molar-refractivity contribution in [3.05, 3.63) is 71.5 Å². The Labute approximate surface area is 188 Å². The molecule has 1 aromatic heterocycles. The summed E-state index contributed by atoms with van der Waals surface area (Å²) in [5.74, 6) is -2.18. The van der Waals surface area contributed by atoms with Gasteiger partial charge in [0.05, 0.1) is 6.42 Å². The summed E-state index contributed by atoms with van der Waals surface area (Å²) in [6.45, 7) is 5.95. The number of alkyl halides is 2. The van der Waals surface area contributed by atoms with Gasteiger partial charge < -0.3 is 15.2 Å². The lowest BCUT2D eigenvalue weighted by Crippen LogP contribution is -2.15. The van der Waals surface area contributed by atoms with Gasteiger partial charge in [-0.1, -0.05) is 55.9 Å². The average Bonchev–Trinajstić information content (AvgIpc) is 3.18. The molecule has 0 aliphatic heterocycles. The first-order valence-electron chi connectivity index (χ1n) is 9.82. The molecule has 2 N–H and O–H groups in total. The zero-order valence-corrected chi connectivity index (χ0v) is 18.6. The van der Waals surface area contributed by atoms with Gasteiger partial charge in [-0.3, -0.25) is 9.59 Å². The van der Waals surface area contributed by atoms with E-state index in [9.17, 15) is 18.4 Å². The summed E-state index contributed by atoms with van der Waals surface area (Å²) in [6, 6.07) is 14.5. The summed E-state index contributed by atoms with van der Waals surface area (Å²) < 4.78 is 30.3. The number of carbonyl (C=O) groups is 2. The van der Waals surface area contributed by atoms with Crippen LogP contribution in [0.2, 0.25) is 0 Å². The maximum Gasteiger partial charge on any atom is 0.288 e. The number of aromatic nitrogens is 1. The van der Waals surface area contributed by atoms with E-state index in [1.807, 2.05) is 20.8 Å². The Morgan fingerprint density at radius 1 is 1.06 bits per heavy atom. The Balaban J connectivity index is 1.56. The molecule has 6 nitrogen and oxygen atoms in total. The number of carbonyl (C=O) groups excluding carboxylic acids is 2. The van der Waals surface area contributed by atoms with Gasteiger partial charge in [-0.05, 0) is 35.9 Å². The minimum Gasteiger partial charge on any atom is -0.359 e. The largest absolute Gasteiger partial charge is 0.359 e. The number of benzene rings is 2. The summed E-state index contributed by atoms with van der Waals surface area (Å²) in [4.78, 5) is 25.0. The number of halogens is 2. The van der Waals surface area contributed by atoms with Crippen LogP contribution in [0, 0.1) is 0 Å². The van der Waals surface area contributed by atoms with Gasteiger partial charge in [0, 0.05) is 27.6 Å².